The summed E-state index contributed by atoms with van der Waals surface area (Å²) in [5, 5.41) is 3.53. The van der Waals surface area contributed by atoms with Crippen molar-refractivity contribution in [2.75, 3.05) is 18.6 Å². The molecule has 1 aromatic carbocycles. The van der Waals surface area contributed by atoms with E-state index in [-0.39, 0.29) is 0 Å². The predicted molar refractivity (Wildman–Crippen MR) is 73.6 cm³/mol. The van der Waals surface area contributed by atoms with Crippen LogP contribution >= 0.6 is 27.7 Å². The Morgan fingerprint density at radius 2 is 2.13 bits per heavy atom. The molecule has 1 atom stereocenters. The van der Waals surface area contributed by atoms with Crippen molar-refractivity contribution < 1.29 is 0 Å². The van der Waals surface area contributed by atoms with Crippen molar-refractivity contribution in [3.63, 3.8) is 0 Å². The molecule has 0 aromatic heterocycles. The average Bonchev–Trinajstić information content (AvgIpc) is 2.25. The van der Waals surface area contributed by atoms with Crippen LogP contribution in [0.5, 0.6) is 0 Å². The molecule has 0 radical (unpaired) electrons. The van der Waals surface area contributed by atoms with E-state index in [2.05, 4.69) is 52.6 Å². The van der Waals surface area contributed by atoms with Crippen molar-refractivity contribution in [2.45, 2.75) is 19.4 Å². The molecular formula is C12H18BrNS. The summed E-state index contributed by atoms with van der Waals surface area (Å²) < 4.78 is 1.19. The highest BCUT2D eigenvalue weighted by atomic mass is 79.9. The van der Waals surface area contributed by atoms with Gasteiger partial charge in [-0.25, -0.2) is 0 Å². The van der Waals surface area contributed by atoms with Gasteiger partial charge in [-0.1, -0.05) is 34.1 Å². The van der Waals surface area contributed by atoms with Gasteiger partial charge < -0.3 is 5.32 Å². The summed E-state index contributed by atoms with van der Waals surface area (Å²) in [5.74, 6) is 1.23. The molecule has 15 heavy (non-hydrogen) atoms. The van der Waals surface area contributed by atoms with Gasteiger partial charge in [-0.05, 0) is 43.5 Å². The first kappa shape index (κ1) is 13.1. The molecule has 1 aromatic rings. The topological polar surface area (TPSA) is 12.0 Å². The zero-order chi connectivity index (χ0) is 11.1. The van der Waals surface area contributed by atoms with Crippen LogP contribution in [-0.2, 0) is 0 Å². The van der Waals surface area contributed by atoms with Gasteiger partial charge in [0.15, 0.2) is 0 Å². The largest absolute Gasteiger partial charge is 0.310 e. The van der Waals surface area contributed by atoms with E-state index >= 15 is 0 Å². The van der Waals surface area contributed by atoms with Crippen molar-refractivity contribution in [1.29, 1.82) is 0 Å². The third-order valence-corrected chi connectivity index (χ3v) is 3.77. The maximum Gasteiger partial charge on any atom is 0.0302 e. The number of halogens is 1. The van der Waals surface area contributed by atoms with E-state index in [4.69, 9.17) is 0 Å². The highest BCUT2D eigenvalue weighted by molar-refractivity contribution is 9.10. The van der Waals surface area contributed by atoms with Gasteiger partial charge in [0.05, 0.1) is 0 Å². The SMILES string of the molecule is CSCCCN[C@H](C)c1ccccc1Br. The van der Waals surface area contributed by atoms with Gasteiger partial charge in [0.2, 0.25) is 0 Å². The molecule has 1 nitrogen and oxygen atoms in total. The number of benzene rings is 1. The Morgan fingerprint density at radius 1 is 1.40 bits per heavy atom. The third kappa shape index (κ3) is 4.58. The second-order valence-electron chi connectivity index (χ2n) is 3.54. The second-order valence-corrected chi connectivity index (χ2v) is 5.38. The summed E-state index contributed by atoms with van der Waals surface area (Å²) in [6.45, 7) is 3.29. The number of thioether (sulfide) groups is 1. The fraction of sp³-hybridized carbons (Fsp3) is 0.500. The van der Waals surface area contributed by atoms with E-state index in [1.165, 1.54) is 22.2 Å². The smallest absolute Gasteiger partial charge is 0.0302 e. The minimum absolute atomic E-state index is 0.419. The third-order valence-electron chi connectivity index (χ3n) is 2.35. The Bertz CT molecular complexity index is 291. The van der Waals surface area contributed by atoms with Crippen LogP contribution in [0.15, 0.2) is 28.7 Å². The van der Waals surface area contributed by atoms with Gasteiger partial charge in [-0.2, -0.15) is 11.8 Å². The van der Waals surface area contributed by atoms with Crippen molar-refractivity contribution >= 4 is 27.7 Å². The van der Waals surface area contributed by atoms with E-state index in [9.17, 15) is 0 Å². The highest BCUT2D eigenvalue weighted by Crippen LogP contribution is 2.22. The Hall–Kier alpha value is 0.01000. The van der Waals surface area contributed by atoms with Gasteiger partial charge in [0.25, 0.3) is 0 Å². The zero-order valence-corrected chi connectivity index (χ0v) is 11.7. The Morgan fingerprint density at radius 3 is 2.80 bits per heavy atom. The molecule has 0 aliphatic rings. The van der Waals surface area contributed by atoms with Gasteiger partial charge in [0, 0.05) is 10.5 Å². The predicted octanol–water partition coefficient (Wildman–Crippen LogP) is 3.85. The van der Waals surface area contributed by atoms with Crippen LogP contribution in [0.4, 0.5) is 0 Å². The van der Waals surface area contributed by atoms with E-state index < -0.39 is 0 Å². The lowest BCUT2D eigenvalue weighted by Gasteiger charge is -2.15. The molecule has 0 heterocycles. The minimum atomic E-state index is 0.419. The molecule has 84 valence electrons. The summed E-state index contributed by atoms with van der Waals surface area (Å²) >= 11 is 5.48. The molecule has 0 saturated carbocycles. The molecule has 0 spiro atoms. The summed E-state index contributed by atoms with van der Waals surface area (Å²) in [4.78, 5) is 0. The molecule has 3 heteroatoms. The van der Waals surface area contributed by atoms with Gasteiger partial charge >= 0.3 is 0 Å². The maximum absolute atomic E-state index is 3.58. The van der Waals surface area contributed by atoms with E-state index in [0.29, 0.717) is 6.04 Å². The maximum atomic E-state index is 3.58. The van der Waals surface area contributed by atoms with Gasteiger partial charge in [-0.15, -0.1) is 0 Å². The molecule has 1 N–H and O–H groups in total. The van der Waals surface area contributed by atoms with Crippen molar-refractivity contribution in [3.8, 4) is 0 Å². The van der Waals surface area contributed by atoms with E-state index in [1.807, 2.05) is 17.8 Å². The van der Waals surface area contributed by atoms with Crippen LogP contribution in [0.3, 0.4) is 0 Å². The van der Waals surface area contributed by atoms with Crippen LogP contribution < -0.4 is 5.32 Å². The second kappa shape index (κ2) is 7.31. The van der Waals surface area contributed by atoms with Gasteiger partial charge in [-0.3, -0.25) is 0 Å². The highest BCUT2D eigenvalue weighted by Gasteiger charge is 2.06. The molecule has 0 aliphatic carbocycles. The molecule has 0 aliphatic heterocycles. The van der Waals surface area contributed by atoms with Crippen LogP contribution in [0.25, 0.3) is 0 Å². The van der Waals surface area contributed by atoms with Crippen molar-refractivity contribution in [3.05, 3.63) is 34.3 Å². The lowest BCUT2D eigenvalue weighted by atomic mass is 10.1. The quantitative estimate of drug-likeness (QED) is 0.798. The first-order valence-electron chi connectivity index (χ1n) is 5.22. The van der Waals surface area contributed by atoms with Crippen molar-refractivity contribution in [1.82, 2.24) is 5.32 Å². The molecular weight excluding hydrogens is 270 g/mol. The number of nitrogens with one attached hydrogen (secondary N) is 1. The summed E-state index contributed by atoms with van der Waals surface area (Å²) in [5.41, 5.74) is 1.33. The minimum Gasteiger partial charge on any atom is -0.310 e. The number of hydrogen-bond donors (Lipinski definition) is 1. The van der Waals surface area contributed by atoms with Crippen LogP contribution in [0, 0.1) is 0 Å². The van der Waals surface area contributed by atoms with Crippen LogP contribution in [-0.4, -0.2) is 18.6 Å². The fourth-order valence-corrected chi connectivity index (χ4v) is 2.53. The standard InChI is InChI=1S/C12H18BrNS/c1-10(14-8-5-9-15-2)11-6-3-4-7-12(11)13/h3-4,6-7,10,14H,5,8-9H2,1-2H3/t10-/m1/s1. The summed E-state index contributed by atoms with van der Waals surface area (Å²) in [7, 11) is 0. The average molecular weight is 288 g/mol. The van der Waals surface area contributed by atoms with Crippen LogP contribution in [0.1, 0.15) is 24.9 Å². The number of hydrogen-bond acceptors (Lipinski definition) is 2. The Labute approximate surface area is 105 Å². The normalized spacial score (nSPS) is 12.7. The Balaban J connectivity index is 2.40. The first-order valence-corrected chi connectivity index (χ1v) is 7.41. The zero-order valence-electron chi connectivity index (χ0n) is 9.29. The summed E-state index contributed by atoms with van der Waals surface area (Å²) in [6.07, 6.45) is 3.38. The van der Waals surface area contributed by atoms with E-state index in [0.717, 1.165) is 6.54 Å². The van der Waals surface area contributed by atoms with Crippen molar-refractivity contribution in [2.24, 2.45) is 0 Å². The van der Waals surface area contributed by atoms with E-state index in [1.54, 1.807) is 0 Å². The first-order chi connectivity index (χ1) is 7.25. The van der Waals surface area contributed by atoms with Crippen LogP contribution in [0.2, 0.25) is 0 Å². The summed E-state index contributed by atoms with van der Waals surface area (Å²) in [6, 6.07) is 8.81. The lowest BCUT2D eigenvalue weighted by Crippen LogP contribution is -2.20. The molecule has 0 unspecified atom stereocenters. The fourth-order valence-electron chi connectivity index (χ4n) is 1.47. The molecule has 1 rings (SSSR count). The molecule has 0 fully saturated rings. The monoisotopic (exact) mass is 287 g/mol. The number of rotatable bonds is 6. The van der Waals surface area contributed by atoms with Gasteiger partial charge in [0.1, 0.15) is 0 Å². The Kier molecular flexibility index (Phi) is 6.37. The lowest BCUT2D eigenvalue weighted by molar-refractivity contribution is 0.571. The molecule has 0 saturated heterocycles. The molecule has 0 amide bonds. The molecule has 0 bridgehead atoms.